The van der Waals surface area contributed by atoms with Crippen molar-refractivity contribution < 1.29 is 4.74 Å². The van der Waals surface area contributed by atoms with Crippen LogP contribution >= 0.6 is 12.2 Å². The zero-order valence-electron chi connectivity index (χ0n) is 9.31. The molecule has 0 bridgehead atoms. The maximum Gasteiger partial charge on any atom is 0.160 e. The molecule has 1 aliphatic heterocycles. The lowest BCUT2D eigenvalue weighted by Gasteiger charge is -2.42. The minimum absolute atomic E-state index is 0.188. The van der Waals surface area contributed by atoms with Crippen LogP contribution in [0.1, 0.15) is 47.5 Å². The zero-order valence-corrected chi connectivity index (χ0v) is 10.1. The summed E-state index contributed by atoms with van der Waals surface area (Å²) < 4.78 is 5.68. The summed E-state index contributed by atoms with van der Waals surface area (Å²) in [7, 11) is 0. The SMILES string of the molecule is CC(C)(C)C(C)(C)C1CCC(=S)O1. The molecule has 0 aliphatic carbocycles. The zero-order chi connectivity index (χ0) is 10.3. The predicted molar refractivity (Wildman–Crippen MR) is 59.9 cm³/mol. The molecule has 0 amide bonds. The largest absolute Gasteiger partial charge is 0.483 e. The molecule has 1 heterocycles. The quantitative estimate of drug-likeness (QED) is 0.598. The molecule has 0 saturated carbocycles. The number of ether oxygens (including phenoxy) is 1. The van der Waals surface area contributed by atoms with Crippen molar-refractivity contribution in [1.82, 2.24) is 0 Å². The van der Waals surface area contributed by atoms with Gasteiger partial charge in [-0.25, -0.2) is 0 Å². The van der Waals surface area contributed by atoms with Crippen molar-refractivity contribution in [2.45, 2.75) is 53.6 Å². The van der Waals surface area contributed by atoms with Crippen molar-refractivity contribution in [2.75, 3.05) is 0 Å². The molecule has 13 heavy (non-hydrogen) atoms. The van der Waals surface area contributed by atoms with Gasteiger partial charge in [0.05, 0.1) is 0 Å². The van der Waals surface area contributed by atoms with Gasteiger partial charge in [0.15, 0.2) is 5.05 Å². The summed E-state index contributed by atoms with van der Waals surface area (Å²) in [5.41, 5.74) is 0.450. The van der Waals surface area contributed by atoms with E-state index in [-0.39, 0.29) is 10.8 Å². The van der Waals surface area contributed by atoms with Crippen LogP contribution in [0.2, 0.25) is 0 Å². The fourth-order valence-corrected chi connectivity index (χ4v) is 1.75. The molecule has 1 atom stereocenters. The molecular formula is C11H20OS. The van der Waals surface area contributed by atoms with Crippen molar-refractivity contribution in [2.24, 2.45) is 10.8 Å². The Labute approximate surface area is 86.9 Å². The Morgan fingerprint density at radius 1 is 1.23 bits per heavy atom. The van der Waals surface area contributed by atoms with Gasteiger partial charge in [-0.15, -0.1) is 0 Å². The molecule has 1 unspecified atom stereocenters. The van der Waals surface area contributed by atoms with Crippen molar-refractivity contribution in [1.29, 1.82) is 0 Å². The van der Waals surface area contributed by atoms with E-state index in [1.807, 2.05) is 0 Å². The first-order chi connectivity index (χ1) is 5.75. The third-order valence-corrected chi connectivity index (χ3v) is 3.92. The number of hydrogen-bond donors (Lipinski definition) is 0. The van der Waals surface area contributed by atoms with E-state index in [1.54, 1.807) is 0 Å². The lowest BCUT2D eigenvalue weighted by atomic mass is 9.65. The van der Waals surface area contributed by atoms with Crippen LogP contribution in [-0.4, -0.2) is 11.2 Å². The molecule has 0 spiro atoms. The molecule has 2 heteroatoms. The highest BCUT2D eigenvalue weighted by Crippen LogP contribution is 2.45. The van der Waals surface area contributed by atoms with Crippen LogP contribution in [0.4, 0.5) is 0 Å². The molecular weight excluding hydrogens is 180 g/mol. The fraction of sp³-hybridized carbons (Fsp3) is 0.909. The Morgan fingerprint density at radius 2 is 1.77 bits per heavy atom. The van der Waals surface area contributed by atoms with Crippen LogP contribution in [0, 0.1) is 10.8 Å². The van der Waals surface area contributed by atoms with Gasteiger partial charge in [-0.3, -0.25) is 0 Å². The van der Waals surface area contributed by atoms with E-state index in [4.69, 9.17) is 17.0 Å². The predicted octanol–water partition coefficient (Wildman–Crippen LogP) is 3.57. The standard InChI is InChI=1S/C11H20OS/c1-10(2,3)11(4,5)8-6-7-9(13)12-8/h8H,6-7H2,1-5H3. The fourth-order valence-electron chi connectivity index (χ4n) is 1.52. The van der Waals surface area contributed by atoms with Gasteiger partial charge in [0.2, 0.25) is 0 Å². The molecule has 1 saturated heterocycles. The highest BCUT2D eigenvalue weighted by atomic mass is 32.1. The normalized spacial score (nSPS) is 24.7. The maximum atomic E-state index is 5.68. The molecule has 0 aromatic heterocycles. The first kappa shape index (κ1) is 11.0. The van der Waals surface area contributed by atoms with E-state index < -0.39 is 0 Å². The second-order valence-electron chi connectivity index (χ2n) is 5.49. The van der Waals surface area contributed by atoms with E-state index in [1.165, 1.54) is 0 Å². The Balaban J connectivity index is 2.76. The molecule has 76 valence electrons. The van der Waals surface area contributed by atoms with Gasteiger partial charge in [0.25, 0.3) is 0 Å². The molecule has 1 nitrogen and oxygen atoms in total. The van der Waals surface area contributed by atoms with E-state index in [9.17, 15) is 0 Å². The van der Waals surface area contributed by atoms with Crippen LogP contribution in [0.5, 0.6) is 0 Å². The van der Waals surface area contributed by atoms with E-state index in [0.717, 1.165) is 17.9 Å². The van der Waals surface area contributed by atoms with E-state index >= 15 is 0 Å². The van der Waals surface area contributed by atoms with Gasteiger partial charge in [-0.05, 0) is 24.1 Å². The number of hydrogen-bond acceptors (Lipinski definition) is 2. The van der Waals surface area contributed by atoms with Crippen LogP contribution < -0.4 is 0 Å². The Bertz CT molecular complexity index is 213. The van der Waals surface area contributed by atoms with Gasteiger partial charge >= 0.3 is 0 Å². The van der Waals surface area contributed by atoms with E-state index in [2.05, 4.69) is 34.6 Å². The number of thiocarbonyl (C=S) groups is 1. The minimum atomic E-state index is 0.188. The average Bonchev–Trinajstić information content (AvgIpc) is 2.33. The Morgan fingerprint density at radius 3 is 2.08 bits per heavy atom. The van der Waals surface area contributed by atoms with Crippen molar-refractivity contribution in [3.05, 3.63) is 0 Å². The maximum absolute atomic E-state index is 5.68. The molecule has 1 fully saturated rings. The summed E-state index contributed by atoms with van der Waals surface area (Å²) in [5.74, 6) is 0. The van der Waals surface area contributed by atoms with Gasteiger partial charge in [0.1, 0.15) is 6.10 Å². The van der Waals surface area contributed by atoms with Crippen LogP contribution in [0.25, 0.3) is 0 Å². The summed E-state index contributed by atoms with van der Waals surface area (Å²) in [6.45, 7) is 11.3. The van der Waals surface area contributed by atoms with Gasteiger partial charge < -0.3 is 4.74 Å². The van der Waals surface area contributed by atoms with Crippen molar-refractivity contribution in [3.63, 3.8) is 0 Å². The molecule has 1 aliphatic rings. The summed E-state index contributed by atoms with van der Waals surface area (Å²) in [5, 5.41) is 0.794. The highest BCUT2D eigenvalue weighted by molar-refractivity contribution is 7.80. The third kappa shape index (κ3) is 2.04. The Kier molecular flexibility index (Phi) is 2.73. The summed E-state index contributed by atoms with van der Waals surface area (Å²) in [6.07, 6.45) is 2.35. The molecule has 0 radical (unpaired) electrons. The lowest BCUT2D eigenvalue weighted by Crippen LogP contribution is -2.40. The summed E-state index contributed by atoms with van der Waals surface area (Å²) in [4.78, 5) is 0. The molecule has 0 N–H and O–H groups in total. The van der Waals surface area contributed by atoms with Crippen LogP contribution in [0.15, 0.2) is 0 Å². The summed E-state index contributed by atoms with van der Waals surface area (Å²) >= 11 is 5.07. The Hall–Kier alpha value is -0.110. The average molecular weight is 200 g/mol. The second kappa shape index (κ2) is 3.23. The monoisotopic (exact) mass is 200 g/mol. The highest BCUT2D eigenvalue weighted by Gasteiger charge is 2.43. The molecule has 1 rings (SSSR count). The van der Waals surface area contributed by atoms with Crippen LogP contribution in [-0.2, 0) is 4.74 Å². The van der Waals surface area contributed by atoms with Gasteiger partial charge in [-0.1, -0.05) is 34.6 Å². The number of rotatable bonds is 1. The smallest absolute Gasteiger partial charge is 0.160 e. The van der Waals surface area contributed by atoms with Crippen LogP contribution in [0.3, 0.4) is 0 Å². The first-order valence-electron chi connectivity index (χ1n) is 4.94. The summed E-state index contributed by atoms with van der Waals surface area (Å²) in [6, 6.07) is 0. The second-order valence-corrected chi connectivity index (χ2v) is 5.94. The first-order valence-corrected chi connectivity index (χ1v) is 5.35. The van der Waals surface area contributed by atoms with Crippen molar-refractivity contribution >= 4 is 17.3 Å². The topological polar surface area (TPSA) is 9.23 Å². The van der Waals surface area contributed by atoms with Gasteiger partial charge in [0, 0.05) is 11.8 Å². The van der Waals surface area contributed by atoms with Gasteiger partial charge in [-0.2, -0.15) is 0 Å². The lowest BCUT2D eigenvalue weighted by molar-refractivity contribution is -0.00403. The third-order valence-electron chi connectivity index (χ3n) is 3.62. The van der Waals surface area contributed by atoms with E-state index in [0.29, 0.717) is 6.10 Å². The molecule has 0 aromatic carbocycles. The minimum Gasteiger partial charge on any atom is -0.483 e. The molecule has 0 aromatic rings. The van der Waals surface area contributed by atoms with Crippen molar-refractivity contribution in [3.8, 4) is 0 Å².